The van der Waals surface area contributed by atoms with Crippen molar-refractivity contribution >= 4 is 37.5 Å². The van der Waals surface area contributed by atoms with Gasteiger partial charge >= 0.3 is 5.97 Å². The molecule has 0 radical (unpaired) electrons. The summed E-state index contributed by atoms with van der Waals surface area (Å²) in [4.78, 5) is 16.4. The van der Waals surface area contributed by atoms with E-state index in [9.17, 15) is 13.2 Å². The van der Waals surface area contributed by atoms with Crippen LogP contribution in [0.1, 0.15) is 34.1 Å². The minimum absolute atomic E-state index is 0.193. The van der Waals surface area contributed by atoms with Crippen LogP contribution in [0.15, 0.2) is 53.4 Å². The molecule has 1 saturated heterocycles. The molecule has 4 rings (SSSR count). The highest BCUT2D eigenvalue weighted by molar-refractivity contribution is 7.89. The average Bonchev–Trinajstić information content (AvgIpc) is 3.17. The highest BCUT2D eigenvalue weighted by atomic mass is 32.2. The molecule has 0 unspecified atom stereocenters. The Labute approximate surface area is 167 Å². The van der Waals surface area contributed by atoms with Crippen LogP contribution in [0, 0.1) is 0 Å². The number of carbonyl (C=O) groups is 1. The maximum atomic E-state index is 12.9. The van der Waals surface area contributed by atoms with Crippen molar-refractivity contribution in [3.63, 3.8) is 0 Å². The van der Waals surface area contributed by atoms with Gasteiger partial charge in [-0.3, -0.25) is 0 Å². The lowest BCUT2D eigenvalue weighted by atomic mass is 9.99. The van der Waals surface area contributed by atoms with Gasteiger partial charge in [0.1, 0.15) is 0 Å². The Kier molecular flexibility index (Phi) is 5.18. The number of fused-ring (bicyclic) bond motifs is 1. The van der Waals surface area contributed by atoms with Crippen LogP contribution < -0.4 is 0 Å². The SMILES string of the molecule is COC(=O)c1ccc(S(=O)(=O)N2CCC(c3nc4ccccc4s3)CC2)cc1. The van der Waals surface area contributed by atoms with Crippen LogP contribution in [0.25, 0.3) is 10.2 Å². The molecule has 0 N–H and O–H groups in total. The number of ether oxygens (including phenoxy) is 1. The molecule has 6 nitrogen and oxygen atoms in total. The second kappa shape index (κ2) is 7.62. The fourth-order valence-corrected chi connectivity index (χ4v) is 6.04. The van der Waals surface area contributed by atoms with Crippen molar-refractivity contribution in [2.45, 2.75) is 23.7 Å². The third-order valence-corrected chi connectivity index (χ3v) is 8.14. The summed E-state index contributed by atoms with van der Waals surface area (Å²) in [7, 11) is -2.28. The summed E-state index contributed by atoms with van der Waals surface area (Å²) in [5.41, 5.74) is 1.33. The molecule has 2 heterocycles. The van der Waals surface area contributed by atoms with Crippen LogP contribution in [0.2, 0.25) is 0 Å². The van der Waals surface area contributed by atoms with Crippen molar-refractivity contribution in [1.82, 2.24) is 9.29 Å². The molecule has 146 valence electrons. The Hall–Kier alpha value is -2.29. The Morgan fingerprint density at radius 1 is 1.11 bits per heavy atom. The number of piperidine rings is 1. The van der Waals surface area contributed by atoms with Gasteiger partial charge in [-0.05, 0) is 49.2 Å². The first-order chi connectivity index (χ1) is 13.5. The van der Waals surface area contributed by atoms with E-state index in [1.54, 1.807) is 11.3 Å². The zero-order valence-electron chi connectivity index (χ0n) is 15.4. The second-order valence-electron chi connectivity index (χ2n) is 6.71. The predicted molar refractivity (Wildman–Crippen MR) is 108 cm³/mol. The van der Waals surface area contributed by atoms with Crippen LogP contribution in [0.5, 0.6) is 0 Å². The highest BCUT2D eigenvalue weighted by Crippen LogP contribution is 2.35. The van der Waals surface area contributed by atoms with Gasteiger partial charge in [0.2, 0.25) is 10.0 Å². The first-order valence-electron chi connectivity index (χ1n) is 9.03. The lowest BCUT2D eigenvalue weighted by molar-refractivity contribution is 0.0600. The zero-order valence-corrected chi connectivity index (χ0v) is 17.0. The number of carbonyl (C=O) groups excluding carboxylic acids is 1. The number of sulfonamides is 1. The lowest BCUT2D eigenvalue weighted by Crippen LogP contribution is -2.37. The molecule has 0 aliphatic carbocycles. The molecule has 0 atom stereocenters. The highest BCUT2D eigenvalue weighted by Gasteiger charge is 2.31. The zero-order chi connectivity index (χ0) is 19.7. The molecule has 2 aromatic carbocycles. The molecule has 0 bridgehead atoms. The van der Waals surface area contributed by atoms with Crippen molar-refractivity contribution in [2.75, 3.05) is 20.2 Å². The van der Waals surface area contributed by atoms with Crippen LogP contribution in [-0.2, 0) is 14.8 Å². The van der Waals surface area contributed by atoms with Crippen molar-refractivity contribution in [3.8, 4) is 0 Å². The van der Waals surface area contributed by atoms with Gasteiger partial charge in [0.15, 0.2) is 0 Å². The topological polar surface area (TPSA) is 76.6 Å². The summed E-state index contributed by atoms with van der Waals surface area (Å²) in [5.74, 6) is -0.203. The van der Waals surface area contributed by atoms with Crippen molar-refractivity contribution in [1.29, 1.82) is 0 Å². The Morgan fingerprint density at radius 2 is 1.79 bits per heavy atom. The summed E-state index contributed by atoms with van der Waals surface area (Å²) in [6, 6.07) is 13.9. The van der Waals surface area contributed by atoms with E-state index in [4.69, 9.17) is 4.98 Å². The third-order valence-electron chi connectivity index (χ3n) is 5.03. The summed E-state index contributed by atoms with van der Waals surface area (Å²) >= 11 is 1.69. The monoisotopic (exact) mass is 416 g/mol. The molecule has 0 amide bonds. The molecule has 1 aliphatic rings. The summed E-state index contributed by atoms with van der Waals surface area (Å²) in [6.45, 7) is 0.920. The molecular weight excluding hydrogens is 396 g/mol. The van der Waals surface area contributed by atoms with Gasteiger partial charge in [0, 0.05) is 19.0 Å². The van der Waals surface area contributed by atoms with Crippen LogP contribution in [-0.4, -0.2) is 43.9 Å². The van der Waals surface area contributed by atoms with Gasteiger partial charge in [-0.2, -0.15) is 4.31 Å². The van der Waals surface area contributed by atoms with E-state index in [-0.39, 0.29) is 10.8 Å². The van der Waals surface area contributed by atoms with Crippen LogP contribution in [0.3, 0.4) is 0 Å². The third kappa shape index (κ3) is 3.55. The average molecular weight is 417 g/mol. The molecule has 1 fully saturated rings. The maximum Gasteiger partial charge on any atom is 0.337 e. The summed E-state index contributed by atoms with van der Waals surface area (Å²) in [6.07, 6.45) is 1.50. The largest absolute Gasteiger partial charge is 0.465 e. The van der Waals surface area contributed by atoms with Crippen LogP contribution >= 0.6 is 11.3 Å². The quantitative estimate of drug-likeness (QED) is 0.607. The molecule has 3 aromatic rings. The van der Waals surface area contributed by atoms with Crippen molar-refractivity contribution in [3.05, 3.63) is 59.1 Å². The van der Waals surface area contributed by atoms with Gasteiger partial charge < -0.3 is 4.74 Å². The number of para-hydroxylation sites is 1. The van der Waals surface area contributed by atoms with E-state index >= 15 is 0 Å². The number of rotatable bonds is 4. The number of benzene rings is 2. The lowest BCUT2D eigenvalue weighted by Gasteiger charge is -2.30. The predicted octanol–water partition coefficient (Wildman–Crippen LogP) is 3.65. The first-order valence-corrected chi connectivity index (χ1v) is 11.3. The van der Waals surface area contributed by atoms with Crippen LogP contribution in [0.4, 0.5) is 0 Å². The van der Waals surface area contributed by atoms with Gasteiger partial charge in [-0.25, -0.2) is 18.2 Å². The van der Waals surface area contributed by atoms with Crippen molar-refractivity contribution in [2.24, 2.45) is 0 Å². The fourth-order valence-electron chi connectivity index (χ4n) is 3.44. The summed E-state index contributed by atoms with van der Waals surface area (Å²) in [5, 5.41) is 1.08. The van der Waals surface area contributed by atoms with Gasteiger partial charge in [-0.1, -0.05) is 12.1 Å². The van der Waals surface area contributed by atoms with Gasteiger partial charge in [-0.15, -0.1) is 11.3 Å². The van der Waals surface area contributed by atoms with E-state index in [1.165, 1.54) is 40.4 Å². The number of hydrogen-bond acceptors (Lipinski definition) is 6. The summed E-state index contributed by atoms with van der Waals surface area (Å²) < 4.78 is 33.2. The number of nitrogens with zero attached hydrogens (tertiary/aromatic N) is 2. The molecule has 0 saturated carbocycles. The Balaban J connectivity index is 1.47. The van der Waals surface area contributed by atoms with E-state index in [0.29, 0.717) is 18.7 Å². The first kappa shape index (κ1) is 19.0. The smallest absolute Gasteiger partial charge is 0.337 e. The fraction of sp³-hybridized carbons (Fsp3) is 0.300. The molecule has 0 spiro atoms. The van der Waals surface area contributed by atoms with E-state index < -0.39 is 16.0 Å². The molecule has 1 aliphatic heterocycles. The van der Waals surface area contributed by atoms with E-state index in [2.05, 4.69) is 10.8 Å². The van der Waals surface area contributed by atoms with Crippen molar-refractivity contribution < 1.29 is 17.9 Å². The Morgan fingerprint density at radius 3 is 2.43 bits per heavy atom. The minimum atomic E-state index is -3.58. The number of hydrogen-bond donors (Lipinski definition) is 0. The minimum Gasteiger partial charge on any atom is -0.465 e. The molecule has 28 heavy (non-hydrogen) atoms. The number of esters is 1. The standard InChI is InChI=1S/C20H20N2O4S2/c1-26-20(23)15-6-8-16(9-7-15)28(24,25)22-12-10-14(11-13-22)19-21-17-4-2-3-5-18(17)27-19/h2-9,14H,10-13H2,1H3. The Bertz CT molecular complexity index is 1070. The number of aromatic nitrogens is 1. The molecule has 1 aromatic heterocycles. The maximum absolute atomic E-state index is 12.9. The van der Waals surface area contributed by atoms with E-state index in [1.807, 2.05) is 18.2 Å². The number of methoxy groups -OCH3 is 1. The molecule has 8 heteroatoms. The number of thiazole rings is 1. The van der Waals surface area contributed by atoms with Gasteiger partial charge in [0.25, 0.3) is 0 Å². The van der Waals surface area contributed by atoms with Gasteiger partial charge in [0.05, 0.1) is 32.8 Å². The van der Waals surface area contributed by atoms with E-state index in [0.717, 1.165) is 23.4 Å². The molecular formula is C20H20N2O4S2. The second-order valence-corrected chi connectivity index (χ2v) is 9.71. The normalized spacial score (nSPS) is 16.3.